The van der Waals surface area contributed by atoms with E-state index in [4.69, 9.17) is 14.2 Å². The molecule has 2 fully saturated rings. The predicted octanol–water partition coefficient (Wildman–Crippen LogP) is 0.179. The van der Waals surface area contributed by atoms with Crippen LogP contribution in [-0.4, -0.2) is 96.2 Å². The zero-order valence-electron chi connectivity index (χ0n) is 25.6. The van der Waals surface area contributed by atoms with Crippen molar-refractivity contribution in [1.29, 1.82) is 0 Å². The van der Waals surface area contributed by atoms with Gasteiger partial charge in [-0.25, -0.2) is 33.0 Å². The maximum absolute atomic E-state index is 13.9. The molecule has 3 aromatic heterocycles. The van der Waals surface area contributed by atoms with Gasteiger partial charge in [-0.3, -0.25) is 18.9 Å². The summed E-state index contributed by atoms with van der Waals surface area (Å²) in [5.41, 5.74) is -0.220. The van der Waals surface area contributed by atoms with Crippen LogP contribution in [0, 0.1) is 6.92 Å². The van der Waals surface area contributed by atoms with Crippen molar-refractivity contribution in [1.82, 2.24) is 29.1 Å². The largest absolute Gasteiger partial charge is 0.459 e. The van der Waals surface area contributed by atoms with Gasteiger partial charge < -0.3 is 29.7 Å². The molecule has 0 aliphatic carbocycles. The molecular weight excluding hydrogens is 650 g/mol. The number of aliphatic hydroxyl groups excluding tert-OH is 2. The quantitative estimate of drug-likeness (QED) is 0.155. The topological polar surface area (TPSA) is 230 Å². The number of aromatic amines is 1. The first kappa shape index (κ1) is 33.2. The molecule has 4 N–H and O–H groups in total. The molecule has 6 rings (SSSR count). The number of esters is 1. The number of rotatable bonds is 11. The number of fused-ring (bicyclic) bond motifs is 1. The lowest BCUT2D eigenvalue weighted by atomic mass is 10.2. The van der Waals surface area contributed by atoms with Crippen LogP contribution in [0.5, 0.6) is 0 Å². The molecule has 18 heteroatoms. The fourth-order valence-corrected chi connectivity index (χ4v) is 7.61. The smallest absolute Gasteiger partial charge is 0.338 e. The Labute approximate surface area is 272 Å². The van der Waals surface area contributed by atoms with Crippen LogP contribution >= 0.6 is 0 Å². The Morgan fingerprint density at radius 3 is 2.56 bits per heavy atom. The number of aryl methyl sites for hydroxylation is 1. The average molecular weight is 684 g/mol. The second-order valence-electron chi connectivity index (χ2n) is 11.5. The van der Waals surface area contributed by atoms with E-state index in [-0.39, 0.29) is 47.6 Å². The predicted molar refractivity (Wildman–Crippen MR) is 169 cm³/mol. The van der Waals surface area contributed by atoms with E-state index in [1.54, 1.807) is 34.9 Å². The van der Waals surface area contributed by atoms with Gasteiger partial charge in [0.15, 0.2) is 26.8 Å². The summed E-state index contributed by atoms with van der Waals surface area (Å²) in [5, 5.41) is 21.3. The summed E-state index contributed by atoms with van der Waals surface area (Å²) in [7, 11) is -4.10. The van der Waals surface area contributed by atoms with E-state index in [0.29, 0.717) is 5.65 Å². The van der Waals surface area contributed by atoms with Gasteiger partial charge >= 0.3 is 11.7 Å². The maximum atomic E-state index is 13.9. The van der Waals surface area contributed by atoms with E-state index < -0.39 is 75.4 Å². The highest BCUT2D eigenvalue weighted by Gasteiger charge is 2.45. The third-order valence-electron chi connectivity index (χ3n) is 8.21. The summed E-state index contributed by atoms with van der Waals surface area (Å²) in [6.07, 6.45) is -0.524. The molecule has 6 atom stereocenters. The molecule has 0 radical (unpaired) electrons. The van der Waals surface area contributed by atoms with Gasteiger partial charge in [-0.1, -0.05) is 24.8 Å². The molecule has 17 nitrogen and oxygen atoms in total. The van der Waals surface area contributed by atoms with E-state index in [0.717, 1.165) is 4.57 Å². The first-order valence-corrected chi connectivity index (χ1v) is 16.6. The lowest BCUT2D eigenvalue weighted by molar-refractivity contribution is -0.0432. The average Bonchev–Trinajstić information content (AvgIpc) is 3.79. The molecule has 1 aromatic carbocycles. The van der Waals surface area contributed by atoms with Crippen molar-refractivity contribution >= 4 is 32.8 Å². The van der Waals surface area contributed by atoms with E-state index in [2.05, 4.69) is 31.8 Å². The van der Waals surface area contributed by atoms with Crippen molar-refractivity contribution < 1.29 is 37.6 Å². The number of sulfone groups is 1. The molecule has 0 spiro atoms. The minimum Gasteiger partial charge on any atom is -0.459 e. The number of hydrogen-bond donors (Lipinski definition) is 4. The number of anilines is 1. The van der Waals surface area contributed by atoms with E-state index in [9.17, 15) is 33.0 Å². The number of benzene rings is 1. The number of nitrogens with one attached hydrogen (secondary N) is 2. The summed E-state index contributed by atoms with van der Waals surface area (Å²) in [5.74, 6) is -1.10. The monoisotopic (exact) mass is 683 g/mol. The molecule has 0 bridgehead atoms. The van der Waals surface area contributed by atoms with E-state index >= 15 is 0 Å². The third kappa shape index (κ3) is 6.65. The van der Waals surface area contributed by atoms with Crippen molar-refractivity contribution in [2.45, 2.75) is 55.8 Å². The Morgan fingerprint density at radius 2 is 1.83 bits per heavy atom. The molecular formula is C30H33N7O10S. The molecule has 0 unspecified atom stereocenters. The number of carbonyl (C=O) groups is 1. The lowest BCUT2D eigenvalue weighted by Gasteiger charge is -2.20. The summed E-state index contributed by atoms with van der Waals surface area (Å²) in [6.45, 7) is 4.60. The molecule has 5 heterocycles. The number of H-pyrrole nitrogens is 1. The molecule has 254 valence electrons. The third-order valence-corrected chi connectivity index (χ3v) is 10.4. The highest BCUT2D eigenvalue weighted by Crippen LogP contribution is 2.35. The fourth-order valence-electron chi connectivity index (χ4n) is 5.77. The van der Waals surface area contributed by atoms with Crippen molar-refractivity contribution in [2.75, 3.05) is 24.3 Å². The summed E-state index contributed by atoms with van der Waals surface area (Å²) in [6, 6.07) is 8.15. The van der Waals surface area contributed by atoms with Crippen LogP contribution in [0.2, 0.25) is 0 Å². The van der Waals surface area contributed by atoms with Gasteiger partial charge in [0, 0.05) is 30.3 Å². The van der Waals surface area contributed by atoms with Gasteiger partial charge in [-0.15, -0.1) is 0 Å². The zero-order chi connectivity index (χ0) is 34.2. The highest BCUT2D eigenvalue weighted by atomic mass is 32.2. The van der Waals surface area contributed by atoms with Crippen LogP contribution in [0.15, 0.2) is 71.0 Å². The molecule has 0 saturated carbocycles. The Kier molecular flexibility index (Phi) is 9.26. The molecule has 2 aliphatic heterocycles. The van der Waals surface area contributed by atoms with E-state index in [1.807, 2.05) is 0 Å². The normalized spacial score (nSPS) is 24.1. The van der Waals surface area contributed by atoms with E-state index in [1.165, 1.54) is 25.8 Å². The van der Waals surface area contributed by atoms with Gasteiger partial charge in [0.2, 0.25) is 0 Å². The van der Waals surface area contributed by atoms with Crippen LogP contribution < -0.4 is 16.6 Å². The van der Waals surface area contributed by atoms with Crippen LogP contribution in [0.3, 0.4) is 0 Å². The highest BCUT2D eigenvalue weighted by molar-refractivity contribution is 7.92. The van der Waals surface area contributed by atoms with Crippen molar-refractivity contribution in [3.8, 4) is 0 Å². The first-order valence-electron chi connectivity index (χ1n) is 14.9. The van der Waals surface area contributed by atoms with Crippen LogP contribution in [-0.2, 0) is 24.0 Å². The van der Waals surface area contributed by atoms with Crippen molar-refractivity contribution in [3.05, 3.63) is 93.4 Å². The summed E-state index contributed by atoms with van der Waals surface area (Å²) in [4.78, 5) is 52.2. The summed E-state index contributed by atoms with van der Waals surface area (Å²) < 4.78 is 47.6. The van der Waals surface area contributed by atoms with Crippen molar-refractivity contribution in [3.63, 3.8) is 0 Å². The number of nitrogens with zero attached hydrogens (tertiary/aromatic N) is 5. The van der Waals surface area contributed by atoms with Gasteiger partial charge in [0.25, 0.3) is 5.56 Å². The number of carbonyl (C=O) groups excluding carboxylic acids is 1. The second-order valence-corrected chi connectivity index (χ2v) is 13.8. The number of aliphatic hydroxyl groups is 2. The molecule has 48 heavy (non-hydrogen) atoms. The number of hydrogen-bond acceptors (Lipinski definition) is 14. The molecule has 0 amide bonds. The molecule has 4 aromatic rings. The molecule has 2 saturated heterocycles. The minimum absolute atomic E-state index is 0.0398. The Bertz CT molecular complexity index is 2060. The first-order chi connectivity index (χ1) is 22.9. The van der Waals surface area contributed by atoms with Crippen molar-refractivity contribution in [2.24, 2.45) is 0 Å². The standard InChI is InChI=1S/C30H33N7O10S/c1-16-10-36(30(42)35-28(16)40)24-9-22(21(47-24)12-45-29(41)18-6-4-3-5-7-18)48(43,44)13-17(2)34-26-25-27(32-14-31-26)37(15-33-25)23-8-19(39)20(11-38)46-23/h3-7,10,14-15,19-24,38-39H,2,8-9,11-13H2,1H3,(H,31,32,34)(H,35,40,42)/t19-,20+,21+,22-,23+,24+/m0/s1. The van der Waals surface area contributed by atoms with Crippen LogP contribution in [0.25, 0.3) is 11.2 Å². The van der Waals surface area contributed by atoms with Crippen LogP contribution in [0.1, 0.15) is 41.2 Å². The van der Waals surface area contributed by atoms with Gasteiger partial charge in [-0.05, 0) is 19.1 Å². The number of aromatic nitrogens is 6. The zero-order valence-corrected chi connectivity index (χ0v) is 26.4. The SMILES string of the molecule is C=C(CS(=O)(=O)[C@H]1C[C@H](n2cc(C)c(=O)[nH]c2=O)O[C@@H]1COC(=O)c1ccccc1)Nc1ncnc2c1ncn2[C@H]1C[C@H](O)[C@@H](CO)O1. The molecule has 2 aliphatic rings. The number of ether oxygens (including phenoxy) is 3. The van der Waals surface area contributed by atoms with Gasteiger partial charge in [0.05, 0.1) is 35.6 Å². The Balaban J connectivity index is 1.21. The summed E-state index contributed by atoms with van der Waals surface area (Å²) >= 11 is 0. The fraction of sp³-hybridized carbons (Fsp3) is 0.400. The van der Waals surface area contributed by atoms with Gasteiger partial charge in [-0.2, -0.15) is 0 Å². The Morgan fingerprint density at radius 1 is 1.10 bits per heavy atom. The van der Waals surface area contributed by atoms with Crippen LogP contribution in [0.4, 0.5) is 5.82 Å². The number of imidazole rings is 1. The Hall–Kier alpha value is -4.75. The maximum Gasteiger partial charge on any atom is 0.338 e. The minimum atomic E-state index is -4.10. The van der Waals surface area contributed by atoms with Gasteiger partial charge in [0.1, 0.15) is 37.6 Å². The second kappa shape index (κ2) is 13.4. The lowest BCUT2D eigenvalue weighted by Crippen LogP contribution is -2.36.